The number of hydrogen-bond donors (Lipinski definition) is 2. The number of hydrogen-bond acceptors (Lipinski definition) is 4. The Balaban J connectivity index is 2.21. The van der Waals surface area contributed by atoms with Crippen molar-refractivity contribution in [3.05, 3.63) is 24.3 Å². The highest BCUT2D eigenvalue weighted by Crippen LogP contribution is 2.21. The molecule has 2 rings (SSSR count). The molecule has 1 aliphatic heterocycles. The summed E-state index contributed by atoms with van der Waals surface area (Å²) in [5, 5.41) is 5.03. The van der Waals surface area contributed by atoms with Gasteiger partial charge in [-0.25, -0.2) is 13.6 Å². The van der Waals surface area contributed by atoms with E-state index in [-0.39, 0.29) is 10.6 Å². The van der Waals surface area contributed by atoms with Crippen molar-refractivity contribution in [2.45, 2.75) is 24.7 Å². The van der Waals surface area contributed by atoms with Gasteiger partial charge in [0.2, 0.25) is 10.0 Å². The Morgan fingerprint density at radius 2 is 2.00 bits per heavy atom. The summed E-state index contributed by atoms with van der Waals surface area (Å²) in [6, 6.07) is 5.45. The topological polar surface area (TPSA) is 110 Å². The second kappa shape index (κ2) is 5.91. The number of anilines is 1. The van der Waals surface area contributed by atoms with Gasteiger partial charge >= 0.3 is 10.2 Å². The van der Waals surface area contributed by atoms with Crippen molar-refractivity contribution < 1.29 is 16.8 Å². The molecule has 3 N–H and O–H groups in total. The van der Waals surface area contributed by atoms with Crippen molar-refractivity contribution in [2.75, 3.05) is 17.8 Å². The van der Waals surface area contributed by atoms with Crippen molar-refractivity contribution in [1.82, 2.24) is 4.31 Å². The van der Waals surface area contributed by atoms with Crippen LogP contribution in [0.2, 0.25) is 0 Å². The minimum absolute atomic E-state index is 0.130. The summed E-state index contributed by atoms with van der Waals surface area (Å²) in [5.41, 5.74) is 0.180. The maximum Gasteiger partial charge on any atom is 0.301 e. The zero-order chi connectivity index (χ0) is 15.7. The monoisotopic (exact) mass is 333 g/mol. The molecule has 21 heavy (non-hydrogen) atoms. The third-order valence-electron chi connectivity index (χ3n) is 3.37. The first kappa shape index (κ1) is 16.2. The molecule has 1 aliphatic rings. The maximum atomic E-state index is 12.3. The standard InChI is InChI=1S/C12H19N3O4S2/c1-10-4-3-7-15(9-10)21(18,19)14-11-5-2-6-12(8-11)20(13,16)17/h2,5-6,8,10,14H,3-4,7,9H2,1H3,(H2,13,16,17). The summed E-state index contributed by atoms with van der Waals surface area (Å²) in [5.74, 6) is 0.311. The third-order valence-corrected chi connectivity index (χ3v) is 5.79. The number of sulfonamides is 1. The van der Waals surface area contributed by atoms with Gasteiger partial charge in [0, 0.05) is 13.1 Å². The van der Waals surface area contributed by atoms with Gasteiger partial charge in [0.05, 0.1) is 10.6 Å². The highest BCUT2D eigenvalue weighted by Gasteiger charge is 2.27. The summed E-state index contributed by atoms with van der Waals surface area (Å²) in [7, 11) is -7.55. The summed E-state index contributed by atoms with van der Waals surface area (Å²) < 4.78 is 50.9. The Bertz CT molecular complexity index is 716. The van der Waals surface area contributed by atoms with Crippen molar-refractivity contribution in [3.8, 4) is 0 Å². The molecular formula is C12H19N3O4S2. The summed E-state index contributed by atoms with van der Waals surface area (Å²) in [6.45, 7) is 2.93. The zero-order valence-corrected chi connectivity index (χ0v) is 13.3. The fourth-order valence-corrected chi connectivity index (χ4v) is 4.25. The molecular weight excluding hydrogens is 314 g/mol. The van der Waals surface area contributed by atoms with Crippen LogP contribution in [-0.4, -0.2) is 34.2 Å². The van der Waals surface area contributed by atoms with Crippen LogP contribution in [0.1, 0.15) is 19.8 Å². The number of nitrogens with one attached hydrogen (secondary N) is 1. The van der Waals surface area contributed by atoms with Crippen LogP contribution in [0.4, 0.5) is 5.69 Å². The van der Waals surface area contributed by atoms with E-state index in [1.165, 1.54) is 28.6 Å². The number of primary sulfonamides is 1. The van der Waals surface area contributed by atoms with E-state index in [0.29, 0.717) is 19.0 Å². The first-order valence-electron chi connectivity index (χ1n) is 6.59. The molecule has 1 saturated heterocycles. The Morgan fingerprint density at radius 3 is 2.62 bits per heavy atom. The largest absolute Gasteiger partial charge is 0.301 e. The minimum Gasteiger partial charge on any atom is -0.271 e. The SMILES string of the molecule is CC1CCCN(S(=O)(=O)Nc2cccc(S(N)(=O)=O)c2)C1. The van der Waals surface area contributed by atoms with E-state index in [1.807, 2.05) is 6.92 Å². The van der Waals surface area contributed by atoms with Crippen LogP contribution in [0.15, 0.2) is 29.2 Å². The van der Waals surface area contributed by atoms with Crippen LogP contribution in [0.3, 0.4) is 0 Å². The van der Waals surface area contributed by atoms with E-state index in [0.717, 1.165) is 12.8 Å². The predicted octanol–water partition coefficient (Wildman–Crippen LogP) is 0.723. The number of nitrogens with two attached hydrogens (primary N) is 1. The zero-order valence-electron chi connectivity index (χ0n) is 11.7. The van der Waals surface area contributed by atoms with Crippen LogP contribution < -0.4 is 9.86 Å². The summed E-state index contributed by atoms with van der Waals surface area (Å²) in [4.78, 5) is -0.130. The van der Waals surface area contributed by atoms with Crippen molar-refractivity contribution in [1.29, 1.82) is 0 Å². The molecule has 9 heteroatoms. The minimum atomic E-state index is -3.86. The average Bonchev–Trinajstić information content (AvgIpc) is 2.37. The quantitative estimate of drug-likeness (QED) is 0.846. The van der Waals surface area contributed by atoms with Crippen molar-refractivity contribution >= 4 is 25.9 Å². The smallest absolute Gasteiger partial charge is 0.271 e. The van der Waals surface area contributed by atoms with Gasteiger partial charge in [-0.15, -0.1) is 0 Å². The van der Waals surface area contributed by atoms with Gasteiger partial charge in [-0.3, -0.25) is 4.72 Å². The van der Waals surface area contributed by atoms with Crippen LogP contribution in [0.25, 0.3) is 0 Å². The molecule has 1 fully saturated rings. The summed E-state index contributed by atoms with van der Waals surface area (Å²) >= 11 is 0. The highest BCUT2D eigenvalue weighted by atomic mass is 32.2. The van der Waals surface area contributed by atoms with E-state index in [2.05, 4.69) is 4.72 Å². The fraction of sp³-hybridized carbons (Fsp3) is 0.500. The van der Waals surface area contributed by atoms with Crippen LogP contribution in [-0.2, 0) is 20.2 Å². The number of rotatable bonds is 4. The summed E-state index contributed by atoms with van der Waals surface area (Å²) in [6.07, 6.45) is 1.83. The van der Waals surface area contributed by atoms with E-state index < -0.39 is 20.2 Å². The Hall–Kier alpha value is -1.16. The Labute approximate surface area is 125 Å². The molecule has 0 aromatic heterocycles. The van der Waals surface area contributed by atoms with Crippen molar-refractivity contribution in [2.24, 2.45) is 11.1 Å². The van der Waals surface area contributed by atoms with Gasteiger partial charge in [-0.05, 0) is 37.0 Å². The molecule has 0 amide bonds. The first-order valence-corrected chi connectivity index (χ1v) is 9.58. The lowest BCUT2D eigenvalue weighted by Crippen LogP contribution is -2.42. The van der Waals surface area contributed by atoms with E-state index >= 15 is 0 Å². The van der Waals surface area contributed by atoms with E-state index in [4.69, 9.17) is 5.14 Å². The molecule has 1 atom stereocenters. The molecule has 1 unspecified atom stereocenters. The highest BCUT2D eigenvalue weighted by molar-refractivity contribution is 7.90. The number of benzene rings is 1. The Morgan fingerprint density at radius 1 is 1.29 bits per heavy atom. The van der Waals surface area contributed by atoms with Gasteiger partial charge in [-0.1, -0.05) is 13.0 Å². The maximum absolute atomic E-state index is 12.3. The molecule has 0 bridgehead atoms. The van der Waals surface area contributed by atoms with Gasteiger partial charge in [0.25, 0.3) is 0 Å². The molecule has 0 saturated carbocycles. The lowest BCUT2D eigenvalue weighted by Gasteiger charge is -2.30. The molecule has 0 spiro atoms. The van der Waals surface area contributed by atoms with E-state index in [9.17, 15) is 16.8 Å². The lowest BCUT2D eigenvalue weighted by atomic mass is 10.0. The molecule has 0 radical (unpaired) electrons. The van der Waals surface area contributed by atoms with Crippen LogP contribution in [0.5, 0.6) is 0 Å². The van der Waals surface area contributed by atoms with Crippen LogP contribution >= 0.6 is 0 Å². The van der Waals surface area contributed by atoms with Crippen LogP contribution in [0, 0.1) is 5.92 Å². The van der Waals surface area contributed by atoms with E-state index in [1.54, 1.807) is 0 Å². The van der Waals surface area contributed by atoms with Gasteiger partial charge in [0.1, 0.15) is 0 Å². The lowest BCUT2D eigenvalue weighted by molar-refractivity contribution is 0.282. The normalized spacial score (nSPS) is 21.1. The second-order valence-corrected chi connectivity index (χ2v) is 8.52. The van der Waals surface area contributed by atoms with Crippen molar-refractivity contribution in [3.63, 3.8) is 0 Å². The average molecular weight is 333 g/mol. The number of piperidine rings is 1. The molecule has 1 heterocycles. The number of nitrogens with zero attached hydrogens (tertiary/aromatic N) is 1. The Kier molecular flexibility index (Phi) is 4.57. The molecule has 1 aromatic carbocycles. The molecule has 0 aliphatic carbocycles. The molecule has 118 valence electrons. The van der Waals surface area contributed by atoms with Gasteiger partial charge in [0.15, 0.2) is 0 Å². The fourth-order valence-electron chi connectivity index (χ4n) is 2.31. The second-order valence-electron chi connectivity index (χ2n) is 5.29. The first-order chi connectivity index (χ1) is 9.68. The van der Waals surface area contributed by atoms with Gasteiger partial charge < -0.3 is 0 Å². The molecule has 7 nitrogen and oxygen atoms in total. The molecule has 1 aromatic rings. The van der Waals surface area contributed by atoms with Gasteiger partial charge in [-0.2, -0.15) is 12.7 Å². The third kappa shape index (κ3) is 4.16. The predicted molar refractivity (Wildman–Crippen MR) is 80.3 cm³/mol.